The van der Waals surface area contributed by atoms with Gasteiger partial charge in [-0.25, -0.2) is 0 Å². The number of fused-ring (bicyclic) bond motifs is 1. The molecular weight excluding hydrogens is 302 g/mol. The number of piperidine rings is 1. The molecule has 5 nitrogen and oxygen atoms in total. The fourth-order valence-electron chi connectivity index (χ4n) is 4.73. The highest BCUT2D eigenvalue weighted by molar-refractivity contribution is 5.94. The van der Waals surface area contributed by atoms with Crippen molar-refractivity contribution in [3.63, 3.8) is 0 Å². The van der Waals surface area contributed by atoms with E-state index in [0.29, 0.717) is 23.6 Å². The van der Waals surface area contributed by atoms with E-state index in [1.807, 2.05) is 12.1 Å². The number of benzene rings is 1. The van der Waals surface area contributed by atoms with E-state index in [0.717, 1.165) is 25.3 Å². The summed E-state index contributed by atoms with van der Waals surface area (Å²) in [6.45, 7) is 4.95. The molecule has 3 heterocycles. The van der Waals surface area contributed by atoms with Crippen LogP contribution in [0.3, 0.4) is 0 Å². The first kappa shape index (κ1) is 16.1. The standard InChI is InChI=1S/C19H27N3O2/c20-19(23)16-3-1-2-15-17(16)12-21-18(15)13-4-8-22(9-5-13)14-6-10-24-11-7-14/h1-3,13-14,18,21H,4-12H2,(H2,20,23). The lowest BCUT2D eigenvalue weighted by Gasteiger charge is -2.40. The molecule has 1 amide bonds. The van der Waals surface area contributed by atoms with Gasteiger partial charge in [0.25, 0.3) is 0 Å². The van der Waals surface area contributed by atoms with E-state index in [1.165, 1.54) is 44.3 Å². The van der Waals surface area contributed by atoms with Crippen LogP contribution < -0.4 is 11.1 Å². The minimum absolute atomic E-state index is 0.316. The highest BCUT2D eigenvalue weighted by Crippen LogP contribution is 2.38. The first-order valence-electron chi connectivity index (χ1n) is 9.21. The summed E-state index contributed by atoms with van der Waals surface area (Å²) in [7, 11) is 0. The molecule has 0 saturated carbocycles. The van der Waals surface area contributed by atoms with Gasteiger partial charge in [-0.1, -0.05) is 12.1 Å². The number of nitrogens with zero attached hydrogens (tertiary/aromatic N) is 1. The van der Waals surface area contributed by atoms with Crippen LogP contribution >= 0.6 is 0 Å². The van der Waals surface area contributed by atoms with Crippen molar-refractivity contribution in [1.29, 1.82) is 0 Å². The van der Waals surface area contributed by atoms with Crippen LogP contribution in [0.2, 0.25) is 0 Å². The first-order chi connectivity index (χ1) is 11.7. The van der Waals surface area contributed by atoms with Gasteiger partial charge in [0.05, 0.1) is 0 Å². The van der Waals surface area contributed by atoms with Crippen LogP contribution in [0.5, 0.6) is 0 Å². The van der Waals surface area contributed by atoms with Gasteiger partial charge in [0.15, 0.2) is 0 Å². The number of likely N-dealkylation sites (tertiary alicyclic amines) is 1. The molecule has 2 fully saturated rings. The van der Waals surface area contributed by atoms with Crippen LogP contribution in [0.1, 0.15) is 53.2 Å². The van der Waals surface area contributed by atoms with E-state index in [-0.39, 0.29) is 5.91 Å². The molecule has 0 bridgehead atoms. The van der Waals surface area contributed by atoms with Crippen LogP contribution in [-0.4, -0.2) is 43.2 Å². The molecule has 1 aromatic carbocycles. The molecule has 0 spiro atoms. The van der Waals surface area contributed by atoms with Crippen molar-refractivity contribution in [2.75, 3.05) is 26.3 Å². The fourth-order valence-corrected chi connectivity index (χ4v) is 4.73. The molecule has 3 aliphatic heterocycles. The van der Waals surface area contributed by atoms with Gasteiger partial charge in [0, 0.05) is 37.4 Å². The minimum atomic E-state index is -0.316. The van der Waals surface area contributed by atoms with Crippen molar-refractivity contribution in [2.45, 2.75) is 44.3 Å². The highest BCUT2D eigenvalue weighted by atomic mass is 16.5. The normalized spacial score (nSPS) is 26.4. The van der Waals surface area contributed by atoms with Gasteiger partial charge in [0.1, 0.15) is 0 Å². The number of nitrogens with two attached hydrogens (primary N) is 1. The fraction of sp³-hybridized carbons (Fsp3) is 0.632. The van der Waals surface area contributed by atoms with Crippen molar-refractivity contribution in [1.82, 2.24) is 10.2 Å². The predicted octanol–water partition coefficient (Wildman–Crippen LogP) is 1.82. The second-order valence-electron chi connectivity index (χ2n) is 7.31. The van der Waals surface area contributed by atoms with Crippen molar-refractivity contribution >= 4 is 5.91 Å². The Morgan fingerprint density at radius 1 is 1.17 bits per heavy atom. The summed E-state index contributed by atoms with van der Waals surface area (Å²) in [6.07, 6.45) is 4.79. The van der Waals surface area contributed by atoms with Gasteiger partial charge in [0.2, 0.25) is 5.91 Å². The lowest BCUT2D eigenvalue weighted by atomic mass is 9.84. The Bertz CT molecular complexity index is 605. The molecule has 0 radical (unpaired) electrons. The number of hydrogen-bond acceptors (Lipinski definition) is 4. The maximum absolute atomic E-state index is 11.6. The average Bonchev–Trinajstić information content (AvgIpc) is 3.06. The predicted molar refractivity (Wildman–Crippen MR) is 92.7 cm³/mol. The number of rotatable bonds is 3. The molecule has 3 aliphatic rings. The zero-order valence-corrected chi connectivity index (χ0v) is 14.2. The summed E-state index contributed by atoms with van der Waals surface area (Å²) in [6, 6.07) is 7.06. The Morgan fingerprint density at radius 3 is 2.62 bits per heavy atom. The SMILES string of the molecule is NC(=O)c1cccc2c1CNC2C1CCN(C2CCOCC2)CC1. The van der Waals surface area contributed by atoms with Gasteiger partial charge < -0.3 is 20.7 Å². The molecule has 1 unspecified atom stereocenters. The largest absolute Gasteiger partial charge is 0.381 e. The van der Waals surface area contributed by atoms with E-state index in [1.54, 1.807) is 0 Å². The molecule has 1 aromatic rings. The number of nitrogens with one attached hydrogen (secondary N) is 1. The number of hydrogen-bond donors (Lipinski definition) is 2. The molecule has 24 heavy (non-hydrogen) atoms. The zero-order valence-electron chi connectivity index (χ0n) is 14.2. The molecule has 2 saturated heterocycles. The summed E-state index contributed by atoms with van der Waals surface area (Å²) in [5, 5.41) is 3.64. The Hall–Kier alpha value is -1.43. The summed E-state index contributed by atoms with van der Waals surface area (Å²) >= 11 is 0. The zero-order chi connectivity index (χ0) is 16.5. The van der Waals surface area contributed by atoms with Crippen molar-refractivity contribution in [2.24, 2.45) is 11.7 Å². The molecule has 0 aromatic heterocycles. The van der Waals surface area contributed by atoms with Gasteiger partial charge in [-0.3, -0.25) is 4.79 Å². The van der Waals surface area contributed by atoms with E-state index in [2.05, 4.69) is 16.3 Å². The van der Waals surface area contributed by atoms with Crippen molar-refractivity contribution < 1.29 is 9.53 Å². The Kier molecular flexibility index (Phi) is 4.57. The number of amides is 1. The number of primary amides is 1. The quantitative estimate of drug-likeness (QED) is 0.888. The minimum Gasteiger partial charge on any atom is -0.381 e. The summed E-state index contributed by atoms with van der Waals surface area (Å²) in [4.78, 5) is 14.3. The summed E-state index contributed by atoms with van der Waals surface area (Å²) in [5.41, 5.74) is 8.61. The maximum atomic E-state index is 11.6. The average molecular weight is 329 g/mol. The Morgan fingerprint density at radius 2 is 1.92 bits per heavy atom. The van der Waals surface area contributed by atoms with E-state index in [4.69, 9.17) is 10.5 Å². The third-order valence-electron chi connectivity index (χ3n) is 6.06. The van der Waals surface area contributed by atoms with Gasteiger partial charge in [-0.15, -0.1) is 0 Å². The van der Waals surface area contributed by atoms with Crippen LogP contribution in [0.25, 0.3) is 0 Å². The molecular formula is C19H27N3O2. The topological polar surface area (TPSA) is 67.6 Å². The third-order valence-corrected chi connectivity index (χ3v) is 6.06. The third kappa shape index (κ3) is 2.96. The monoisotopic (exact) mass is 329 g/mol. The van der Waals surface area contributed by atoms with Gasteiger partial charge in [-0.05, 0) is 61.9 Å². The lowest BCUT2D eigenvalue weighted by Crippen LogP contribution is -2.45. The molecule has 0 aliphatic carbocycles. The lowest BCUT2D eigenvalue weighted by molar-refractivity contribution is 0.0185. The van der Waals surface area contributed by atoms with Crippen molar-refractivity contribution in [3.8, 4) is 0 Å². The van der Waals surface area contributed by atoms with Gasteiger partial charge >= 0.3 is 0 Å². The van der Waals surface area contributed by atoms with Crippen LogP contribution in [0.15, 0.2) is 18.2 Å². The van der Waals surface area contributed by atoms with Crippen molar-refractivity contribution in [3.05, 3.63) is 34.9 Å². The second-order valence-corrected chi connectivity index (χ2v) is 7.31. The second kappa shape index (κ2) is 6.82. The van der Waals surface area contributed by atoms with E-state index < -0.39 is 0 Å². The Balaban J connectivity index is 1.43. The number of ether oxygens (including phenoxy) is 1. The molecule has 4 rings (SSSR count). The van der Waals surface area contributed by atoms with Crippen LogP contribution in [0.4, 0.5) is 0 Å². The molecule has 5 heteroatoms. The summed E-state index contributed by atoms with van der Waals surface area (Å²) in [5.74, 6) is 0.328. The molecule has 3 N–H and O–H groups in total. The number of carbonyl (C=O) groups is 1. The Labute approximate surface area is 143 Å². The van der Waals surface area contributed by atoms with Crippen LogP contribution in [-0.2, 0) is 11.3 Å². The summed E-state index contributed by atoms with van der Waals surface area (Å²) < 4.78 is 5.49. The maximum Gasteiger partial charge on any atom is 0.249 e. The van der Waals surface area contributed by atoms with Gasteiger partial charge in [-0.2, -0.15) is 0 Å². The van der Waals surface area contributed by atoms with Crippen LogP contribution in [0, 0.1) is 5.92 Å². The molecule has 1 atom stereocenters. The first-order valence-corrected chi connectivity index (χ1v) is 9.21. The van der Waals surface area contributed by atoms with E-state index in [9.17, 15) is 4.79 Å². The highest BCUT2D eigenvalue weighted by Gasteiger charge is 2.35. The van der Waals surface area contributed by atoms with E-state index >= 15 is 0 Å². The smallest absolute Gasteiger partial charge is 0.249 e. The number of carbonyl (C=O) groups excluding carboxylic acids is 1. The molecule has 130 valence electrons.